The lowest BCUT2D eigenvalue weighted by molar-refractivity contribution is -0.0124. The smallest absolute Gasteiger partial charge is 0.259 e. The van der Waals surface area contributed by atoms with E-state index in [1.54, 1.807) is 18.9 Å². The van der Waals surface area contributed by atoms with E-state index in [4.69, 9.17) is 16.3 Å². The number of nitrogens with zero attached hydrogens (tertiary/aromatic N) is 3. The van der Waals surface area contributed by atoms with E-state index in [0.29, 0.717) is 36.1 Å². The third-order valence-electron chi connectivity index (χ3n) is 2.89. The molecule has 5 nitrogen and oxygen atoms in total. The molecule has 1 fully saturated rings. The highest BCUT2D eigenvalue weighted by Gasteiger charge is 2.27. The van der Waals surface area contributed by atoms with Gasteiger partial charge in [-0.15, -0.1) is 0 Å². The Morgan fingerprint density at radius 3 is 2.82 bits per heavy atom. The van der Waals surface area contributed by atoms with E-state index in [0.717, 1.165) is 0 Å². The van der Waals surface area contributed by atoms with E-state index >= 15 is 0 Å². The number of carbonyl (C=O) groups is 1. The van der Waals surface area contributed by atoms with Crippen molar-refractivity contribution in [3.05, 3.63) is 16.4 Å². The zero-order valence-corrected chi connectivity index (χ0v) is 11.0. The molecule has 1 aromatic heterocycles. The molecule has 94 valence electrons. The first-order chi connectivity index (χ1) is 8.00. The third kappa shape index (κ3) is 2.30. The van der Waals surface area contributed by atoms with Crippen LogP contribution in [0.5, 0.6) is 0 Å². The lowest BCUT2D eigenvalue weighted by atomic mass is 10.2. The SMILES string of the molecule is Cc1nn(C)c(Cl)c1C(=O)N1CCO[C@@H](C)C1. The van der Waals surface area contributed by atoms with Gasteiger partial charge in [0.25, 0.3) is 5.91 Å². The molecule has 0 bridgehead atoms. The Labute approximate surface area is 105 Å². The zero-order valence-electron chi connectivity index (χ0n) is 10.2. The first-order valence-corrected chi connectivity index (χ1v) is 5.98. The highest BCUT2D eigenvalue weighted by atomic mass is 35.5. The summed E-state index contributed by atoms with van der Waals surface area (Å²) in [5.74, 6) is -0.0595. The van der Waals surface area contributed by atoms with Crippen LogP contribution in [0.25, 0.3) is 0 Å². The number of ether oxygens (including phenoxy) is 1. The van der Waals surface area contributed by atoms with Crippen molar-refractivity contribution in [2.24, 2.45) is 7.05 Å². The second kappa shape index (κ2) is 4.66. The van der Waals surface area contributed by atoms with Gasteiger partial charge < -0.3 is 9.64 Å². The molecule has 1 saturated heterocycles. The van der Waals surface area contributed by atoms with Gasteiger partial charge in [-0.25, -0.2) is 0 Å². The maximum Gasteiger partial charge on any atom is 0.259 e. The third-order valence-corrected chi connectivity index (χ3v) is 3.33. The zero-order chi connectivity index (χ0) is 12.6. The molecule has 1 amide bonds. The van der Waals surface area contributed by atoms with Gasteiger partial charge in [-0.1, -0.05) is 11.6 Å². The molecule has 6 heteroatoms. The van der Waals surface area contributed by atoms with Gasteiger partial charge >= 0.3 is 0 Å². The average molecular weight is 258 g/mol. The fraction of sp³-hybridized carbons (Fsp3) is 0.636. The summed E-state index contributed by atoms with van der Waals surface area (Å²) in [7, 11) is 1.73. The fourth-order valence-electron chi connectivity index (χ4n) is 2.03. The second-order valence-corrected chi connectivity index (χ2v) is 4.67. The number of halogens is 1. The van der Waals surface area contributed by atoms with Gasteiger partial charge in [-0.05, 0) is 13.8 Å². The van der Waals surface area contributed by atoms with E-state index in [1.165, 1.54) is 4.68 Å². The summed E-state index contributed by atoms with van der Waals surface area (Å²) < 4.78 is 6.93. The Morgan fingerprint density at radius 2 is 2.29 bits per heavy atom. The molecule has 0 saturated carbocycles. The molecule has 1 aliphatic rings. The second-order valence-electron chi connectivity index (χ2n) is 4.31. The highest BCUT2D eigenvalue weighted by Crippen LogP contribution is 2.21. The van der Waals surface area contributed by atoms with Crippen molar-refractivity contribution in [2.75, 3.05) is 19.7 Å². The summed E-state index contributed by atoms with van der Waals surface area (Å²) in [6, 6.07) is 0. The Bertz CT molecular complexity index is 444. The standard InChI is InChI=1S/C11H16ClN3O2/c1-7-6-15(4-5-17-7)11(16)9-8(2)13-14(3)10(9)12/h7H,4-6H2,1-3H3/t7-/m0/s1. The van der Waals surface area contributed by atoms with Crippen LogP contribution in [0.15, 0.2) is 0 Å². The van der Waals surface area contributed by atoms with Gasteiger partial charge in [-0.2, -0.15) is 5.10 Å². The predicted octanol–water partition coefficient (Wildman–Crippen LogP) is 1.24. The number of morpholine rings is 1. The van der Waals surface area contributed by atoms with Crippen LogP contribution >= 0.6 is 11.6 Å². The molecule has 0 radical (unpaired) electrons. The van der Waals surface area contributed by atoms with Crippen LogP contribution < -0.4 is 0 Å². The molecule has 0 unspecified atom stereocenters. The number of hydrogen-bond acceptors (Lipinski definition) is 3. The van der Waals surface area contributed by atoms with E-state index in [2.05, 4.69) is 5.10 Å². The van der Waals surface area contributed by atoms with Crippen molar-refractivity contribution in [3.63, 3.8) is 0 Å². The topological polar surface area (TPSA) is 47.4 Å². The summed E-state index contributed by atoms with van der Waals surface area (Å²) in [6.45, 7) is 5.53. The fourth-order valence-corrected chi connectivity index (χ4v) is 2.29. The van der Waals surface area contributed by atoms with Crippen molar-refractivity contribution in [1.29, 1.82) is 0 Å². The predicted molar refractivity (Wildman–Crippen MR) is 64.3 cm³/mol. The molecule has 0 aliphatic carbocycles. The molecule has 17 heavy (non-hydrogen) atoms. The van der Waals surface area contributed by atoms with E-state index < -0.39 is 0 Å². The Morgan fingerprint density at radius 1 is 1.59 bits per heavy atom. The lowest BCUT2D eigenvalue weighted by Gasteiger charge is -2.31. The molecule has 2 rings (SSSR count). The highest BCUT2D eigenvalue weighted by molar-refractivity contribution is 6.33. The largest absolute Gasteiger partial charge is 0.375 e. The minimum absolute atomic E-state index is 0.0595. The van der Waals surface area contributed by atoms with E-state index in [1.807, 2.05) is 6.92 Å². The number of rotatable bonds is 1. The van der Waals surface area contributed by atoms with Gasteiger partial charge in [0.1, 0.15) is 5.15 Å². The first kappa shape index (κ1) is 12.4. The number of carbonyl (C=O) groups excluding carboxylic acids is 1. The molecular formula is C11H16ClN3O2. The lowest BCUT2D eigenvalue weighted by Crippen LogP contribution is -2.44. The maximum absolute atomic E-state index is 12.3. The summed E-state index contributed by atoms with van der Waals surface area (Å²) in [6.07, 6.45) is 0.0726. The Kier molecular flexibility index (Phi) is 3.40. The van der Waals surface area contributed by atoms with Gasteiger partial charge in [0, 0.05) is 20.1 Å². The van der Waals surface area contributed by atoms with Crippen LogP contribution in [0.1, 0.15) is 23.0 Å². The molecule has 0 aromatic carbocycles. The first-order valence-electron chi connectivity index (χ1n) is 5.60. The molecule has 0 spiro atoms. The quantitative estimate of drug-likeness (QED) is 0.761. The van der Waals surface area contributed by atoms with Crippen molar-refractivity contribution in [1.82, 2.24) is 14.7 Å². The summed E-state index contributed by atoms with van der Waals surface area (Å²) >= 11 is 6.09. The molecule has 1 aliphatic heterocycles. The van der Waals surface area contributed by atoms with Crippen LogP contribution in [0, 0.1) is 6.92 Å². The van der Waals surface area contributed by atoms with Crippen LogP contribution in [0.2, 0.25) is 5.15 Å². The minimum Gasteiger partial charge on any atom is -0.375 e. The molecule has 0 N–H and O–H groups in total. The monoisotopic (exact) mass is 257 g/mol. The summed E-state index contributed by atoms with van der Waals surface area (Å²) in [5.41, 5.74) is 1.17. The Hall–Kier alpha value is -1.07. The Balaban J connectivity index is 2.24. The molecule has 1 aromatic rings. The van der Waals surface area contributed by atoms with Crippen molar-refractivity contribution in [3.8, 4) is 0 Å². The van der Waals surface area contributed by atoms with Gasteiger partial charge in [-0.3, -0.25) is 9.48 Å². The average Bonchev–Trinajstić information content (AvgIpc) is 2.52. The van der Waals surface area contributed by atoms with Crippen LogP contribution in [-0.4, -0.2) is 46.4 Å². The van der Waals surface area contributed by atoms with Crippen molar-refractivity contribution >= 4 is 17.5 Å². The van der Waals surface area contributed by atoms with Gasteiger partial charge in [0.05, 0.1) is 24.0 Å². The van der Waals surface area contributed by atoms with Crippen LogP contribution in [0.4, 0.5) is 0 Å². The number of aromatic nitrogens is 2. The van der Waals surface area contributed by atoms with Crippen LogP contribution in [-0.2, 0) is 11.8 Å². The minimum atomic E-state index is -0.0595. The van der Waals surface area contributed by atoms with E-state index in [9.17, 15) is 4.79 Å². The number of aryl methyl sites for hydroxylation is 2. The molecular weight excluding hydrogens is 242 g/mol. The van der Waals surface area contributed by atoms with Gasteiger partial charge in [0.2, 0.25) is 0 Å². The number of amides is 1. The molecule has 1 atom stereocenters. The maximum atomic E-state index is 12.3. The van der Waals surface area contributed by atoms with Gasteiger partial charge in [0.15, 0.2) is 0 Å². The van der Waals surface area contributed by atoms with Crippen molar-refractivity contribution < 1.29 is 9.53 Å². The summed E-state index contributed by atoms with van der Waals surface area (Å²) in [5, 5.41) is 4.55. The summed E-state index contributed by atoms with van der Waals surface area (Å²) in [4.78, 5) is 14.1. The van der Waals surface area contributed by atoms with E-state index in [-0.39, 0.29) is 12.0 Å². The normalized spacial score (nSPS) is 20.7. The van der Waals surface area contributed by atoms with Crippen molar-refractivity contribution in [2.45, 2.75) is 20.0 Å². The molecule has 2 heterocycles. The number of hydrogen-bond donors (Lipinski definition) is 0. The van der Waals surface area contributed by atoms with Crippen LogP contribution in [0.3, 0.4) is 0 Å².